The Morgan fingerprint density at radius 3 is 2.81 bits per heavy atom. The van der Waals surface area contributed by atoms with Crippen LogP contribution >= 0.6 is 11.6 Å². The predicted molar refractivity (Wildman–Crippen MR) is 63.5 cm³/mol. The third kappa shape index (κ3) is 2.03. The van der Waals surface area contributed by atoms with Crippen LogP contribution in [0.4, 0.5) is 0 Å². The fourth-order valence-corrected chi connectivity index (χ4v) is 1.70. The first-order chi connectivity index (χ1) is 7.74. The highest BCUT2D eigenvalue weighted by molar-refractivity contribution is 6.33. The number of methoxy groups -OCH3 is 1. The fourth-order valence-electron chi connectivity index (χ4n) is 1.43. The van der Waals surface area contributed by atoms with Gasteiger partial charge in [0.1, 0.15) is 5.75 Å². The minimum atomic E-state index is 0.431. The molecule has 2 rings (SSSR count). The number of hydrogen-bond donors (Lipinski definition) is 2. The largest absolute Gasteiger partial charge is 0.497 e. The predicted octanol–water partition coefficient (Wildman–Crippen LogP) is 2.20. The quantitative estimate of drug-likeness (QED) is 0.860. The molecule has 0 aliphatic carbocycles. The molecule has 4 nitrogen and oxygen atoms in total. The second kappa shape index (κ2) is 4.55. The van der Waals surface area contributed by atoms with Gasteiger partial charge in [-0.05, 0) is 24.3 Å². The van der Waals surface area contributed by atoms with Crippen molar-refractivity contribution in [3.8, 4) is 17.0 Å². The number of H-pyrrole nitrogens is 1. The Morgan fingerprint density at radius 2 is 2.25 bits per heavy atom. The van der Waals surface area contributed by atoms with Gasteiger partial charge in [-0.2, -0.15) is 5.10 Å². The van der Waals surface area contributed by atoms with E-state index < -0.39 is 0 Å². The van der Waals surface area contributed by atoms with Gasteiger partial charge in [0.2, 0.25) is 0 Å². The first-order valence-corrected chi connectivity index (χ1v) is 5.20. The van der Waals surface area contributed by atoms with Gasteiger partial charge in [-0.25, -0.2) is 0 Å². The molecule has 0 amide bonds. The van der Waals surface area contributed by atoms with E-state index in [2.05, 4.69) is 10.2 Å². The molecule has 0 bridgehead atoms. The Bertz CT molecular complexity index is 496. The van der Waals surface area contributed by atoms with E-state index in [1.807, 2.05) is 18.2 Å². The van der Waals surface area contributed by atoms with Crippen LogP contribution in [-0.2, 0) is 6.54 Å². The standard InChI is InChI=1S/C11H12ClN3O/c1-16-8-2-3-9(10(12)5-8)11-4-7(6-13)14-15-11/h2-5H,6,13H2,1H3,(H,14,15). The number of rotatable bonds is 3. The van der Waals surface area contributed by atoms with Crippen LogP contribution in [0.3, 0.4) is 0 Å². The lowest BCUT2D eigenvalue weighted by molar-refractivity contribution is 0.415. The summed E-state index contributed by atoms with van der Waals surface area (Å²) in [5.41, 5.74) is 8.02. The monoisotopic (exact) mass is 237 g/mol. The van der Waals surface area contributed by atoms with Gasteiger partial charge >= 0.3 is 0 Å². The molecule has 0 fully saturated rings. The zero-order valence-corrected chi connectivity index (χ0v) is 9.58. The molecule has 0 unspecified atom stereocenters. The molecule has 0 spiro atoms. The van der Waals surface area contributed by atoms with Crippen LogP contribution in [0.15, 0.2) is 24.3 Å². The smallest absolute Gasteiger partial charge is 0.120 e. The molecule has 5 heteroatoms. The Kier molecular flexibility index (Phi) is 3.12. The van der Waals surface area contributed by atoms with Gasteiger partial charge in [0.15, 0.2) is 0 Å². The van der Waals surface area contributed by atoms with Crippen LogP contribution in [-0.4, -0.2) is 17.3 Å². The van der Waals surface area contributed by atoms with Gasteiger partial charge in [0.25, 0.3) is 0 Å². The second-order valence-electron chi connectivity index (χ2n) is 3.33. The first kappa shape index (κ1) is 11.0. The maximum atomic E-state index is 6.13. The molecular weight excluding hydrogens is 226 g/mol. The summed E-state index contributed by atoms with van der Waals surface area (Å²) in [7, 11) is 1.60. The number of aromatic amines is 1. The topological polar surface area (TPSA) is 63.9 Å². The molecule has 16 heavy (non-hydrogen) atoms. The molecular formula is C11H12ClN3O. The number of nitrogens with zero attached hydrogens (tertiary/aromatic N) is 1. The van der Waals surface area contributed by atoms with Crippen LogP contribution in [0, 0.1) is 0 Å². The van der Waals surface area contributed by atoms with E-state index >= 15 is 0 Å². The van der Waals surface area contributed by atoms with Crippen molar-refractivity contribution in [2.75, 3.05) is 7.11 Å². The summed E-state index contributed by atoms with van der Waals surface area (Å²) in [6.45, 7) is 0.431. The van der Waals surface area contributed by atoms with Crippen LogP contribution in [0.2, 0.25) is 5.02 Å². The fraction of sp³-hybridized carbons (Fsp3) is 0.182. The maximum absolute atomic E-state index is 6.13. The highest BCUT2D eigenvalue weighted by Gasteiger charge is 2.08. The Balaban J connectivity index is 2.40. The van der Waals surface area contributed by atoms with Gasteiger partial charge in [-0.15, -0.1) is 0 Å². The summed E-state index contributed by atoms with van der Waals surface area (Å²) < 4.78 is 5.08. The molecule has 0 aliphatic rings. The molecule has 3 N–H and O–H groups in total. The summed E-state index contributed by atoms with van der Waals surface area (Å²) in [4.78, 5) is 0. The lowest BCUT2D eigenvalue weighted by Gasteiger charge is -2.03. The third-order valence-corrected chi connectivity index (χ3v) is 2.62. The number of aromatic nitrogens is 2. The van der Waals surface area contributed by atoms with Crippen LogP contribution in [0.5, 0.6) is 5.75 Å². The van der Waals surface area contributed by atoms with Crippen LogP contribution in [0.25, 0.3) is 11.3 Å². The molecule has 0 saturated heterocycles. The molecule has 1 aromatic heterocycles. The summed E-state index contributed by atoms with van der Waals surface area (Å²) in [5.74, 6) is 0.725. The average molecular weight is 238 g/mol. The minimum Gasteiger partial charge on any atom is -0.497 e. The zero-order valence-electron chi connectivity index (χ0n) is 8.83. The number of benzene rings is 1. The Morgan fingerprint density at radius 1 is 1.44 bits per heavy atom. The number of halogens is 1. The zero-order chi connectivity index (χ0) is 11.5. The Labute approximate surface area is 98.4 Å². The lowest BCUT2D eigenvalue weighted by atomic mass is 10.1. The molecule has 0 aliphatic heterocycles. The number of nitrogens with one attached hydrogen (secondary N) is 1. The van der Waals surface area contributed by atoms with Gasteiger partial charge in [0, 0.05) is 17.8 Å². The lowest BCUT2D eigenvalue weighted by Crippen LogP contribution is -1.95. The molecule has 1 heterocycles. The van der Waals surface area contributed by atoms with Crippen molar-refractivity contribution in [2.45, 2.75) is 6.54 Å². The van der Waals surface area contributed by atoms with E-state index in [4.69, 9.17) is 22.1 Å². The van der Waals surface area contributed by atoms with Crippen molar-refractivity contribution >= 4 is 11.6 Å². The molecule has 2 aromatic rings. The van der Waals surface area contributed by atoms with Crippen LogP contribution < -0.4 is 10.5 Å². The van der Waals surface area contributed by atoms with Gasteiger partial charge in [-0.1, -0.05) is 11.6 Å². The molecule has 0 radical (unpaired) electrons. The van der Waals surface area contributed by atoms with Crippen molar-refractivity contribution in [1.82, 2.24) is 10.2 Å². The normalized spacial score (nSPS) is 10.4. The minimum absolute atomic E-state index is 0.431. The first-order valence-electron chi connectivity index (χ1n) is 4.83. The molecule has 0 saturated carbocycles. The van der Waals surface area contributed by atoms with Crippen molar-refractivity contribution in [1.29, 1.82) is 0 Å². The molecule has 0 atom stereocenters. The highest BCUT2D eigenvalue weighted by Crippen LogP contribution is 2.30. The van der Waals surface area contributed by atoms with Crippen molar-refractivity contribution in [2.24, 2.45) is 5.73 Å². The third-order valence-electron chi connectivity index (χ3n) is 2.30. The second-order valence-corrected chi connectivity index (χ2v) is 3.74. The highest BCUT2D eigenvalue weighted by atomic mass is 35.5. The number of ether oxygens (including phenoxy) is 1. The van der Waals surface area contributed by atoms with Gasteiger partial charge in [0.05, 0.1) is 17.8 Å². The molecule has 1 aromatic carbocycles. The van der Waals surface area contributed by atoms with Crippen LogP contribution in [0.1, 0.15) is 5.69 Å². The van der Waals surface area contributed by atoms with E-state index in [9.17, 15) is 0 Å². The SMILES string of the molecule is COc1ccc(-c2cc(CN)[nH]n2)c(Cl)c1. The van der Waals surface area contributed by atoms with E-state index in [-0.39, 0.29) is 0 Å². The summed E-state index contributed by atoms with van der Waals surface area (Å²) in [6.07, 6.45) is 0. The van der Waals surface area contributed by atoms with E-state index in [0.717, 1.165) is 22.7 Å². The Hall–Kier alpha value is -1.52. The van der Waals surface area contributed by atoms with Crippen molar-refractivity contribution in [3.63, 3.8) is 0 Å². The van der Waals surface area contributed by atoms with Crippen molar-refractivity contribution in [3.05, 3.63) is 35.0 Å². The van der Waals surface area contributed by atoms with Gasteiger partial charge in [-0.3, -0.25) is 5.10 Å². The summed E-state index contributed by atoms with van der Waals surface area (Å²) in [5, 5.41) is 7.59. The summed E-state index contributed by atoms with van der Waals surface area (Å²) in [6, 6.07) is 7.36. The maximum Gasteiger partial charge on any atom is 0.120 e. The van der Waals surface area contributed by atoms with E-state index in [1.54, 1.807) is 13.2 Å². The van der Waals surface area contributed by atoms with E-state index in [0.29, 0.717) is 11.6 Å². The van der Waals surface area contributed by atoms with E-state index in [1.165, 1.54) is 0 Å². The average Bonchev–Trinajstić information content (AvgIpc) is 2.77. The van der Waals surface area contributed by atoms with Crippen molar-refractivity contribution < 1.29 is 4.74 Å². The van der Waals surface area contributed by atoms with Gasteiger partial charge < -0.3 is 10.5 Å². The number of nitrogens with two attached hydrogens (primary N) is 1. The number of hydrogen-bond acceptors (Lipinski definition) is 3. The molecule has 84 valence electrons. The summed E-state index contributed by atoms with van der Waals surface area (Å²) >= 11 is 6.13.